The monoisotopic (exact) mass is 217 g/mol. The molecule has 1 aromatic heterocycles. The van der Waals surface area contributed by atoms with E-state index < -0.39 is 0 Å². The molecule has 3 nitrogen and oxygen atoms in total. The number of esters is 1. The van der Waals surface area contributed by atoms with Crippen LogP contribution in [-0.4, -0.2) is 18.1 Å². The van der Waals surface area contributed by atoms with Crippen LogP contribution in [-0.2, 0) is 22.4 Å². The third-order valence-corrected chi connectivity index (χ3v) is 2.80. The number of aromatic amines is 1. The van der Waals surface area contributed by atoms with Gasteiger partial charge in [-0.05, 0) is 29.7 Å². The lowest BCUT2D eigenvalue weighted by Crippen LogP contribution is -2.03. The minimum Gasteiger partial charge on any atom is -0.469 e. The van der Waals surface area contributed by atoms with Gasteiger partial charge in [-0.1, -0.05) is 13.0 Å². The second-order valence-electron chi connectivity index (χ2n) is 3.80. The Morgan fingerprint density at radius 2 is 2.25 bits per heavy atom. The van der Waals surface area contributed by atoms with E-state index in [1.165, 1.54) is 12.7 Å². The van der Waals surface area contributed by atoms with Crippen molar-refractivity contribution >= 4 is 16.9 Å². The largest absolute Gasteiger partial charge is 0.469 e. The molecule has 0 atom stereocenters. The van der Waals surface area contributed by atoms with Crippen molar-refractivity contribution in [3.8, 4) is 0 Å². The molecule has 0 saturated carbocycles. The molecule has 2 rings (SSSR count). The van der Waals surface area contributed by atoms with Gasteiger partial charge in [0.05, 0.1) is 13.5 Å². The first-order valence-electron chi connectivity index (χ1n) is 5.40. The van der Waals surface area contributed by atoms with Crippen LogP contribution in [0.5, 0.6) is 0 Å². The van der Waals surface area contributed by atoms with Gasteiger partial charge in [0.2, 0.25) is 0 Å². The number of H-pyrrole nitrogens is 1. The van der Waals surface area contributed by atoms with Gasteiger partial charge in [0.25, 0.3) is 0 Å². The molecule has 16 heavy (non-hydrogen) atoms. The molecule has 1 N–H and O–H groups in total. The molecule has 0 fully saturated rings. The van der Waals surface area contributed by atoms with Crippen molar-refractivity contribution < 1.29 is 9.53 Å². The van der Waals surface area contributed by atoms with Gasteiger partial charge in [-0.25, -0.2) is 0 Å². The molecule has 3 heteroatoms. The molecule has 0 aliphatic carbocycles. The van der Waals surface area contributed by atoms with E-state index in [1.54, 1.807) is 0 Å². The van der Waals surface area contributed by atoms with Crippen LogP contribution in [0.25, 0.3) is 10.9 Å². The fourth-order valence-electron chi connectivity index (χ4n) is 1.82. The first-order chi connectivity index (χ1) is 7.74. The predicted molar refractivity (Wildman–Crippen MR) is 63.4 cm³/mol. The second kappa shape index (κ2) is 4.39. The molecule has 1 heterocycles. The topological polar surface area (TPSA) is 42.1 Å². The van der Waals surface area contributed by atoms with Crippen molar-refractivity contribution in [2.75, 3.05) is 7.11 Å². The molecule has 0 unspecified atom stereocenters. The maximum atomic E-state index is 11.2. The fourth-order valence-corrected chi connectivity index (χ4v) is 1.82. The van der Waals surface area contributed by atoms with Gasteiger partial charge >= 0.3 is 5.97 Å². The van der Waals surface area contributed by atoms with Gasteiger partial charge in [0.1, 0.15) is 0 Å². The number of carbonyl (C=O) groups is 1. The highest BCUT2D eigenvalue weighted by molar-refractivity contribution is 5.87. The number of hydrogen-bond acceptors (Lipinski definition) is 2. The van der Waals surface area contributed by atoms with Crippen LogP contribution in [0.4, 0.5) is 0 Å². The first-order valence-corrected chi connectivity index (χ1v) is 5.40. The summed E-state index contributed by atoms with van der Waals surface area (Å²) in [6.07, 6.45) is 3.20. The van der Waals surface area contributed by atoms with E-state index in [4.69, 9.17) is 0 Å². The summed E-state index contributed by atoms with van der Waals surface area (Å²) < 4.78 is 4.68. The standard InChI is InChI=1S/C13H15NO2/c1-3-9-4-5-12-11(6-9)10(8-14-12)7-13(15)16-2/h4-6,8,14H,3,7H2,1-2H3. The number of carbonyl (C=O) groups excluding carboxylic acids is 1. The van der Waals surface area contributed by atoms with Gasteiger partial charge in [-0.3, -0.25) is 4.79 Å². The SMILES string of the molecule is CCc1ccc2[nH]cc(CC(=O)OC)c2c1. The van der Waals surface area contributed by atoms with Crippen LogP contribution in [0.3, 0.4) is 0 Å². The van der Waals surface area contributed by atoms with Crippen molar-refractivity contribution in [3.05, 3.63) is 35.5 Å². The molecule has 0 amide bonds. The third-order valence-electron chi connectivity index (χ3n) is 2.80. The van der Waals surface area contributed by atoms with Crippen LogP contribution in [0.2, 0.25) is 0 Å². The van der Waals surface area contributed by atoms with Crippen molar-refractivity contribution in [2.24, 2.45) is 0 Å². The number of nitrogens with one attached hydrogen (secondary N) is 1. The summed E-state index contributed by atoms with van der Waals surface area (Å²) in [6.45, 7) is 2.12. The number of ether oxygens (including phenoxy) is 1. The number of benzene rings is 1. The van der Waals surface area contributed by atoms with Gasteiger partial charge in [0.15, 0.2) is 0 Å². The summed E-state index contributed by atoms with van der Waals surface area (Å²) in [5.41, 5.74) is 3.34. The average Bonchev–Trinajstić information content (AvgIpc) is 2.71. The number of aromatic nitrogens is 1. The number of hydrogen-bond donors (Lipinski definition) is 1. The van der Waals surface area contributed by atoms with E-state index in [9.17, 15) is 4.79 Å². The highest BCUT2D eigenvalue weighted by Crippen LogP contribution is 2.20. The average molecular weight is 217 g/mol. The smallest absolute Gasteiger partial charge is 0.310 e. The lowest BCUT2D eigenvalue weighted by Gasteiger charge is -2.00. The van der Waals surface area contributed by atoms with E-state index in [-0.39, 0.29) is 5.97 Å². The molecule has 0 aliphatic heterocycles. The normalized spacial score (nSPS) is 10.6. The zero-order valence-corrected chi connectivity index (χ0v) is 9.54. The first kappa shape index (κ1) is 10.7. The second-order valence-corrected chi connectivity index (χ2v) is 3.80. The van der Waals surface area contributed by atoms with Crippen molar-refractivity contribution in [2.45, 2.75) is 19.8 Å². The summed E-state index contributed by atoms with van der Waals surface area (Å²) in [4.78, 5) is 14.4. The van der Waals surface area contributed by atoms with Crippen LogP contribution in [0, 0.1) is 0 Å². The summed E-state index contributed by atoms with van der Waals surface area (Å²) in [5, 5.41) is 1.12. The maximum absolute atomic E-state index is 11.2. The summed E-state index contributed by atoms with van der Waals surface area (Å²) in [6, 6.07) is 6.28. The van der Waals surface area contributed by atoms with E-state index in [2.05, 4.69) is 34.8 Å². The van der Waals surface area contributed by atoms with E-state index >= 15 is 0 Å². The number of aryl methyl sites for hydroxylation is 1. The molecule has 84 valence electrons. The van der Waals surface area contributed by atoms with E-state index in [0.717, 1.165) is 22.9 Å². The molecule has 2 aromatic rings. The molecule has 0 aliphatic rings. The quantitative estimate of drug-likeness (QED) is 0.802. The third kappa shape index (κ3) is 1.94. The highest BCUT2D eigenvalue weighted by Gasteiger charge is 2.08. The Balaban J connectivity index is 2.41. The van der Waals surface area contributed by atoms with Gasteiger partial charge < -0.3 is 9.72 Å². The van der Waals surface area contributed by atoms with Gasteiger partial charge in [-0.2, -0.15) is 0 Å². The van der Waals surface area contributed by atoms with E-state index in [1.807, 2.05) is 6.20 Å². The number of rotatable bonds is 3. The van der Waals surface area contributed by atoms with Crippen LogP contribution < -0.4 is 0 Å². The predicted octanol–water partition coefficient (Wildman–Crippen LogP) is 2.45. The van der Waals surface area contributed by atoms with E-state index in [0.29, 0.717) is 6.42 Å². The van der Waals surface area contributed by atoms with Gasteiger partial charge in [-0.15, -0.1) is 0 Å². The molecule has 0 spiro atoms. The van der Waals surface area contributed by atoms with Gasteiger partial charge in [0, 0.05) is 17.1 Å². The lowest BCUT2D eigenvalue weighted by molar-refractivity contribution is -0.139. The van der Waals surface area contributed by atoms with Crippen LogP contribution in [0.15, 0.2) is 24.4 Å². The summed E-state index contributed by atoms with van der Waals surface area (Å²) >= 11 is 0. The fraction of sp³-hybridized carbons (Fsp3) is 0.308. The number of fused-ring (bicyclic) bond motifs is 1. The molecular weight excluding hydrogens is 202 g/mol. The Kier molecular flexibility index (Phi) is 2.95. The Labute approximate surface area is 94.4 Å². The zero-order valence-electron chi connectivity index (χ0n) is 9.54. The Bertz CT molecular complexity index is 514. The number of methoxy groups -OCH3 is 1. The molecule has 0 radical (unpaired) electrons. The Morgan fingerprint density at radius 1 is 1.44 bits per heavy atom. The molecule has 1 aromatic carbocycles. The summed E-state index contributed by atoms with van der Waals surface area (Å²) in [7, 11) is 1.41. The molecule has 0 saturated heterocycles. The molecule has 0 bridgehead atoms. The Hall–Kier alpha value is -1.77. The summed E-state index contributed by atoms with van der Waals surface area (Å²) in [5.74, 6) is -0.206. The van der Waals surface area contributed by atoms with Crippen LogP contribution in [0.1, 0.15) is 18.1 Å². The zero-order chi connectivity index (χ0) is 11.5. The van der Waals surface area contributed by atoms with Crippen molar-refractivity contribution in [1.29, 1.82) is 0 Å². The van der Waals surface area contributed by atoms with Crippen molar-refractivity contribution in [3.63, 3.8) is 0 Å². The maximum Gasteiger partial charge on any atom is 0.310 e. The molecular formula is C13H15NO2. The minimum absolute atomic E-state index is 0.206. The lowest BCUT2D eigenvalue weighted by atomic mass is 10.1. The van der Waals surface area contributed by atoms with Crippen molar-refractivity contribution in [1.82, 2.24) is 4.98 Å². The Morgan fingerprint density at radius 3 is 2.94 bits per heavy atom. The van der Waals surface area contributed by atoms with Crippen LogP contribution >= 0.6 is 0 Å². The highest BCUT2D eigenvalue weighted by atomic mass is 16.5. The minimum atomic E-state index is -0.206.